The van der Waals surface area contributed by atoms with Crippen LogP contribution in [0.3, 0.4) is 0 Å². The number of carbonyl (C=O) groups is 2. The molecule has 2 aromatic rings. The molecule has 5 heteroatoms. The summed E-state index contributed by atoms with van der Waals surface area (Å²) in [6.45, 7) is 7.40. The first-order valence-electron chi connectivity index (χ1n) is 8.21. The van der Waals surface area contributed by atoms with Crippen molar-refractivity contribution in [1.82, 2.24) is 0 Å². The van der Waals surface area contributed by atoms with E-state index in [4.69, 9.17) is 0 Å². The van der Waals surface area contributed by atoms with Crippen molar-refractivity contribution in [3.05, 3.63) is 59.9 Å². The van der Waals surface area contributed by atoms with Gasteiger partial charge in [-0.05, 0) is 63.6 Å². The van der Waals surface area contributed by atoms with E-state index in [1.807, 2.05) is 38.1 Å². The molecule has 0 aliphatic rings. The van der Waals surface area contributed by atoms with Gasteiger partial charge in [-0.3, -0.25) is 9.59 Å². The molecule has 0 saturated carbocycles. The highest BCUT2D eigenvalue weighted by Gasteiger charge is 2.39. The molecule has 25 heavy (non-hydrogen) atoms. The van der Waals surface area contributed by atoms with Crippen LogP contribution in [0, 0.1) is 18.2 Å². The number of rotatable bonds is 5. The fourth-order valence-corrected chi connectivity index (χ4v) is 2.53. The Morgan fingerprint density at radius 3 is 2.40 bits per heavy atom. The van der Waals surface area contributed by atoms with Crippen molar-refractivity contribution >= 4 is 23.2 Å². The molecule has 0 radical (unpaired) electrons. The number of carbonyl (C=O) groups excluding carboxylic acids is 2. The molecule has 0 heterocycles. The van der Waals surface area contributed by atoms with Crippen molar-refractivity contribution in [3.63, 3.8) is 0 Å². The Kier molecular flexibility index (Phi) is 5.57. The summed E-state index contributed by atoms with van der Waals surface area (Å²) in [6, 6.07) is 13.2. The molecule has 4 nitrogen and oxygen atoms in total. The number of hydrogen-bond acceptors (Lipinski definition) is 2. The Labute approximate surface area is 147 Å². The fourth-order valence-electron chi connectivity index (χ4n) is 2.53. The van der Waals surface area contributed by atoms with Gasteiger partial charge in [0.15, 0.2) is 0 Å². The third kappa shape index (κ3) is 4.24. The number of nitrogens with one attached hydrogen (secondary N) is 1. The lowest BCUT2D eigenvalue weighted by Gasteiger charge is -2.30. The van der Waals surface area contributed by atoms with Crippen LogP contribution in [0.4, 0.5) is 15.8 Å². The zero-order valence-electron chi connectivity index (χ0n) is 15.0. The van der Waals surface area contributed by atoms with Gasteiger partial charge in [0.2, 0.25) is 11.8 Å². The first-order valence-corrected chi connectivity index (χ1v) is 8.21. The highest BCUT2D eigenvalue weighted by Crippen LogP contribution is 2.26. The lowest BCUT2D eigenvalue weighted by Crippen LogP contribution is -2.47. The average molecular weight is 342 g/mol. The Balaban J connectivity index is 2.23. The molecule has 0 spiro atoms. The molecule has 1 N–H and O–H groups in total. The molecule has 2 amide bonds. The lowest BCUT2D eigenvalue weighted by molar-refractivity contribution is -0.136. The molecule has 0 bridgehead atoms. The van der Waals surface area contributed by atoms with Gasteiger partial charge >= 0.3 is 0 Å². The summed E-state index contributed by atoms with van der Waals surface area (Å²) < 4.78 is 13.3. The summed E-state index contributed by atoms with van der Waals surface area (Å²) in [5.74, 6) is -1.24. The van der Waals surface area contributed by atoms with Gasteiger partial charge in [-0.2, -0.15) is 0 Å². The zero-order valence-corrected chi connectivity index (χ0v) is 15.0. The van der Waals surface area contributed by atoms with E-state index >= 15 is 0 Å². The normalized spacial score (nSPS) is 11.1. The van der Waals surface area contributed by atoms with E-state index in [0.717, 1.165) is 11.3 Å². The maximum Gasteiger partial charge on any atom is 0.242 e. The van der Waals surface area contributed by atoms with Crippen LogP contribution >= 0.6 is 0 Å². The molecular weight excluding hydrogens is 319 g/mol. The van der Waals surface area contributed by atoms with Crippen LogP contribution in [0.25, 0.3) is 0 Å². The number of benzene rings is 2. The zero-order chi connectivity index (χ0) is 18.6. The molecular formula is C20H23FN2O2. The number of amides is 2. The number of nitrogens with zero attached hydrogens (tertiary/aromatic N) is 1. The summed E-state index contributed by atoms with van der Waals surface area (Å²) in [6.07, 6.45) is 0. The van der Waals surface area contributed by atoms with E-state index in [2.05, 4.69) is 5.32 Å². The molecule has 0 atom stereocenters. The average Bonchev–Trinajstić information content (AvgIpc) is 2.55. The van der Waals surface area contributed by atoms with Gasteiger partial charge in [0.05, 0.1) is 0 Å². The van der Waals surface area contributed by atoms with E-state index in [9.17, 15) is 14.0 Å². The molecule has 132 valence electrons. The highest BCUT2D eigenvalue weighted by atomic mass is 19.1. The van der Waals surface area contributed by atoms with E-state index in [0.29, 0.717) is 12.2 Å². The molecule has 0 saturated heterocycles. The van der Waals surface area contributed by atoms with Gasteiger partial charge in [0, 0.05) is 17.9 Å². The smallest absolute Gasteiger partial charge is 0.242 e. The molecule has 0 unspecified atom stereocenters. The first kappa shape index (κ1) is 18.6. The number of halogens is 1. The van der Waals surface area contributed by atoms with Crippen LogP contribution in [0.1, 0.15) is 26.3 Å². The van der Waals surface area contributed by atoms with Gasteiger partial charge in [-0.25, -0.2) is 4.39 Å². The standard InChI is InChI=1S/C20H23FN2O2/c1-5-23(17-11-6-8-14(2)12-17)19(25)20(3,4)18(24)22-16-10-7-9-15(21)13-16/h6-13H,5H2,1-4H3,(H,22,24). The second kappa shape index (κ2) is 7.47. The summed E-state index contributed by atoms with van der Waals surface area (Å²) in [5.41, 5.74) is 0.806. The molecule has 0 aromatic heterocycles. The second-order valence-electron chi connectivity index (χ2n) is 6.48. The van der Waals surface area contributed by atoms with Gasteiger partial charge in [-0.15, -0.1) is 0 Å². The summed E-state index contributed by atoms with van der Waals surface area (Å²) in [5, 5.41) is 2.62. The highest BCUT2D eigenvalue weighted by molar-refractivity contribution is 6.14. The van der Waals surface area contributed by atoms with Gasteiger partial charge in [-0.1, -0.05) is 18.2 Å². The molecule has 0 fully saturated rings. The van der Waals surface area contributed by atoms with Crippen molar-refractivity contribution in [2.75, 3.05) is 16.8 Å². The van der Waals surface area contributed by atoms with Crippen molar-refractivity contribution < 1.29 is 14.0 Å². The predicted molar refractivity (Wildman–Crippen MR) is 98.0 cm³/mol. The van der Waals surface area contributed by atoms with Crippen molar-refractivity contribution in [2.24, 2.45) is 5.41 Å². The minimum Gasteiger partial charge on any atom is -0.325 e. The monoisotopic (exact) mass is 342 g/mol. The molecule has 0 aliphatic carbocycles. The molecule has 0 aliphatic heterocycles. The number of anilines is 2. The van der Waals surface area contributed by atoms with Crippen LogP contribution in [0.15, 0.2) is 48.5 Å². The minimum absolute atomic E-state index is 0.311. The minimum atomic E-state index is -1.30. The van der Waals surface area contributed by atoms with Gasteiger partial charge < -0.3 is 10.2 Å². The Morgan fingerprint density at radius 1 is 1.12 bits per heavy atom. The van der Waals surface area contributed by atoms with Crippen LogP contribution in [0.5, 0.6) is 0 Å². The van der Waals surface area contributed by atoms with Crippen molar-refractivity contribution in [1.29, 1.82) is 0 Å². The van der Waals surface area contributed by atoms with Crippen LogP contribution in [-0.4, -0.2) is 18.4 Å². The summed E-state index contributed by atoms with van der Waals surface area (Å²) >= 11 is 0. The summed E-state index contributed by atoms with van der Waals surface area (Å²) in [7, 11) is 0. The summed E-state index contributed by atoms with van der Waals surface area (Å²) in [4.78, 5) is 27.2. The Bertz CT molecular complexity index is 787. The quantitative estimate of drug-likeness (QED) is 0.830. The SMILES string of the molecule is CCN(C(=O)C(C)(C)C(=O)Nc1cccc(F)c1)c1cccc(C)c1. The number of aryl methyl sites for hydroxylation is 1. The second-order valence-corrected chi connectivity index (χ2v) is 6.48. The van der Waals surface area contributed by atoms with E-state index < -0.39 is 17.1 Å². The van der Waals surface area contributed by atoms with Crippen LogP contribution < -0.4 is 10.2 Å². The Hall–Kier alpha value is -2.69. The lowest BCUT2D eigenvalue weighted by atomic mass is 9.89. The van der Waals surface area contributed by atoms with Crippen LogP contribution in [-0.2, 0) is 9.59 Å². The molecule has 2 aromatic carbocycles. The molecule has 2 rings (SSSR count). The first-order chi connectivity index (χ1) is 11.8. The Morgan fingerprint density at radius 2 is 1.80 bits per heavy atom. The maximum absolute atomic E-state index is 13.3. The van der Waals surface area contributed by atoms with Crippen molar-refractivity contribution in [2.45, 2.75) is 27.7 Å². The van der Waals surface area contributed by atoms with E-state index in [1.54, 1.807) is 24.8 Å². The largest absolute Gasteiger partial charge is 0.325 e. The van der Waals surface area contributed by atoms with Gasteiger partial charge in [0.1, 0.15) is 11.2 Å². The predicted octanol–water partition coefficient (Wildman–Crippen LogP) is 4.15. The van der Waals surface area contributed by atoms with E-state index in [-0.39, 0.29) is 5.91 Å². The fraction of sp³-hybridized carbons (Fsp3) is 0.300. The topological polar surface area (TPSA) is 49.4 Å². The third-order valence-corrected chi connectivity index (χ3v) is 4.06. The number of hydrogen-bond donors (Lipinski definition) is 1. The van der Waals surface area contributed by atoms with Crippen molar-refractivity contribution in [3.8, 4) is 0 Å². The van der Waals surface area contributed by atoms with Crippen LogP contribution in [0.2, 0.25) is 0 Å². The van der Waals surface area contributed by atoms with Gasteiger partial charge in [0.25, 0.3) is 0 Å². The third-order valence-electron chi connectivity index (χ3n) is 4.06. The van der Waals surface area contributed by atoms with E-state index in [1.165, 1.54) is 18.2 Å². The maximum atomic E-state index is 13.3.